The molecule has 1 N–H and O–H groups in total. The first-order valence-corrected chi connectivity index (χ1v) is 8.10. The second kappa shape index (κ2) is 5.82. The normalized spacial score (nSPS) is 18.2. The van der Waals surface area contributed by atoms with Crippen LogP contribution in [0.4, 0.5) is 0 Å². The Labute approximate surface area is 134 Å². The van der Waals surface area contributed by atoms with E-state index in [1.807, 2.05) is 7.05 Å². The first-order valence-electron chi connectivity index (χ1n) is 7.30. The number of hydrogen-bond donors (Lipinski definition) is 1. The first kappa shape index (κ1) is 14.6. The van der Waals surface area contributed by atoms with Crippen LogP contribution in [0.3, 0.4) is 0 Å². The van der Waals surface area contributed by atoms with Crippen molar-refractivity contribution >= 4 is 15.9 Å². The number of nitrogens with one attached hydrogen (secondary N) is 1. The Hall–Kier alpha value is -1.32. The molecule has 1 aliphatic rings. The van der Waals surface area contributed by atoms with Gasteiger partial charge in [-0.3, -0.25) is 0 Å². The Morgan fingerprint density at radius 1 is 1.19 bits per heavy atom. The highest BCUT2D eigenvalue weighted by atomic mass is 79.9. The van der Waals surface area contributed by atoms with Crippen molar-refractivity contribution < 1.29 is 4.74 Å². The summed E-state index contributed by atoms with van der Waals surface area (Å²) in [5.74, 6) is 1.03. The summed E-state index contributed by atoms with van der Waals surface area (Å²) in [5, 5.41) is 3.43. The maximum atomic E-state index is 5.79. The van der Waals surface area contributed by atoms with Crippen LogP contribution in [0, 0.1) is 6.92 Å². The molecule has 0 aliphatic carbocycles. The largest absolute Gasteiger partial charge is 0.490 e. The number of aryl methyl sites for hydroxylation is 1. The molecule has 0 fully saturated rings. The quantitative estimate of drug-likeness (QED) is 0.890. The minimum absolute atomic E-state index is 0.197. The SMILES string of the molecule is CNC(c1cc(C)cc(Br)c1)c1ccc2c(c1)CC(C)O2. The van der Waals surface area contributed by atoms with Gasteiger partial charge < -0.3 is 10.1 Å². The van der Waals surface area contributed by atoms with E-state index in [4.69, 9.17) is 4.74 Å². The van der Waals surface area contributed by atoms with Gasteiger partial charge in [0.25, 0.3) is 0 Å². The zero-order valence-electron chi connectivity index (χ0n) is 12.6. The predicted octanol–water partition coefficient (Wildman–Crippen LogP) is 4.39. The molecule has 1 heterocycles. The second-order valence-corrected chi connectivity index (χ2v) is 6.70. The molecule has 21 heavy (non-hydrogen) atoms. The van der Waals surface area contributed by atoms with Crippen molar-refractivity contribution in [3.63, 3.8) is 0 Å². The molecule has 1 aliphatic heterocycles. The summed E-state index contributed by atoms with van der Waals surface area (Å²) >= 11 is 3.59. The lowest BCUT2D eigenvalue weighted by Gasteiger charge is -2.19. The van der Waals surface area contributed by atoms with Crippen LogP contribution in [0.5, 0.6) is 5.75 Å². The Kier molecular flexibility index (Phi) is 4.05. The van der Waals surface area contributed by atoms with Crippen LogP contribution in [0.1, 0.15) is 35.2 Å². The van der Waals surface area contributed by atoms with Gasteiger partial charge in [0.15, 0.2) is 0 Å². The van der Waals surface area contributed by atoms with E-state index in [2.05, 4.69) is 71.5 Å². The summed E-state index contributed by atoms with van der Waals surface area (Å²) in [7, 11) is 2.01. The third-order valence-electron chi connectivity index (χ3n) is 3.94. The Morgan fingerprint density at radius 3 is 2.71 bits per heavy atom. The van der Waals surface area contributed by atoms with Gasteiger partial charge in [-0.15, -0.1) is 0 Å². The molecule has 110 valence electrons. The van der Waals surface area contributed by atoms with Crippen molar-refractivity contribution in [2.45, 2.75) is 32.4 Å². The van der Waals surface area contributed by atoms with Gasteiger partial charge in [-0.2, -0.15) is 0 Å². The van der Waals surface area contributed by atoms with Crippen molar-refractivity contribution in [3.05, 3.63) is 63.1 Å². The van der Waals surface area contributed by atoms with E-state index in [1.54, 1.807) is 0 Å². The Bertz CT molecular complexity index is 648. The maximum Gasteiger partial charge on any atom is 0.123 e. The number of fused-ring (bicyclic) bond motifs is 1. The van der Waals surface area contributed by atoms with E-state index in [-0.39, 0.29) is 12.1 Å². The second-order valence-electron chi connectivity index (χ2n) is 5.78. The molecule has 0 amide bonds. The van der Waals surface area contributed by atoms with Gasteiger partial charge in [-0.1, -0.05) is 34.1 Å². The molecule has 3 rings (SSSR count). The summed E-state index contributed by atoms with van der Waals surface area (Å²) in [6.07, 6.45) is 1.29. The molecule has 0 saturated heterocycles. The van der Waals surface area contributed by atoms with E-state index in [0.717, 1.165) is 16.6 Å². The summed E-state index contributed by atoms with van der Waals surface area (Å²) in [6.45, 7) is 4.24. The number of ether oxygens (including phenoxy) is 1. The minimum atomic E-state index is 0.197. The zero-order chi connectivity index (χ0) is 15.0. The fourth-order valence-electron chi connectivity index (χ4n) is 3.08. The first-order chi connectivity index (χ1) is 10.1. The molecule has 2 aromatic rings. The molecular weight excluding hydrogens is 326 g/mol. The molecule has 0 spiro atoms. The highest BCUT2D eigenvalue weighted by Crippen LogP contribution is 2.33. The van der Waals surface area contributed by atoms with Gasteiger partial charge in [0.2, 0.25) is 0 Å². The average molecular weight is 346 g/mol. The van der Waals surface area contributed by atoms with Crippen LogP contribution < -0.4 is 10.1 Å². The van der Waals surface area contributed by atoms with Gasteiger partial charge in [-0.05, 0) is 61.3 Å². The van der Waals surface area contributed by atoms with Crippen molar-refractivity contribution in [2.24, 2.45) is 0 Å². The van der Waals surface area contributed by atoms with Crippen LogP contribution in [0.25, 0.3) is 0 Å². The van der Waals surface area contributed by atoms with Crippen LogP contribution in [-0.2, 0) is 6.42 Å². The van der Waals surface area contributed by atoms with Crippen molar-refractivity contribution in [1.82, 2.24) is 5.32 Å². The van der Waals surface area contributed by atoms with Crippen molar-refractivity contribution in [3.8, 4) is 5.75 Å². The van der Waals surface area contributed by atoms with Gasteiger partial charge >= 0.3 is 0 Å². The predicted molar refractivity (Wildman–Crippen MR) is 90.0 cm³/mol. The highest BCUT2D eigenvalue weighted by Gasteiger charge is 2.21. The average Bonchev–Trinajstić information content (AvgIpc) is 2.78. The monoisotopic (exact) mass is 345 g/mol. The van der Waals surface area contributed by atoms with Gasteiger partial charge in [-0.25, -0.2) is 0 Å². The highest BCUT2D eigenvalue weighted by molar-refractivity contribution is 9.10. The molecule has 3 heteroatoms. The molecule has 2 unspecified atom stereocenters. The standard InChI is InChI=1S/C18H20BrNO/c1-11-6-15(10-16(19)7-11)18(20-3)13-4-5-17-14(9-13)8-12(2)21-17/h4-7,9-10,12,18,20H,8H2,1-3H3. The van der Waals surface area contributed by atoms with E-state index in [1.165, 1.54) is 22.3 Å². The molecule has 0 bridgehead atoms. The summed E-state index contributed by atoms with van der Waals surface area (Å²) in [5.41, 5.74) is 5.13. The van der Waals surface area contributed by atoms with Crippen molar-refractivity contribution in [2.75, 3.05) is 7.05 Å². The number of rotatable bonds is 3. The zero-order valence-corrected chi connectivity index (χ0v) is 14.2. The summed E-state index contributed by atoms with van der Waals surface area (Å²) in [4.78, 5) is 0. The summed E-state index contributed by atoms with van der Waals surface area (Å²) < 4.78 is 6.91. The lowest BCUT2D eigenvalue weighted by molar-refractivity contribution is 0.254. The van der Waals surface area contributed by atoms with Gasteiger partial charge in [0, 0.05) is 10.9 Å². The minimum Gasteiger partial charge on any atom is -0.490 e. The Morgan fingerprint density at radius 2 is 2.00 bits per heavy atom. The van der Waals surface area contributed by atoms with Crippen LogP contribution in [0.15, 0.2) is 40.9 Å². The van der Waals surface area contributed by atoms with E-state index >= 15 is 0 Å². The smallest absolute Gasteiger partial charge is 0.123 e. The van der Waals surface area contributed by atoms with Crippen LogP contribution >= 0.6 is 15.9 Å². The molecule has 0 radical (unpaired) electrons. The molecule has 0 saturated carbocycles. The molecule has 2 aromatic carbocycles. The lowest BCUT2D eigenvalue weighted by atomic mass is 9.95. The molecule has 2 atom stereocenters. The fraction of sp³-hybridized carbons (Fsp3) is 0.333. The van der Waals surface area contributed by atoms with E-state index in [0.29, 0.717) is 0 Å². The third kappa shape index (κ3) is 2.99. The van der Waals surface area contributed by atoms with Crippen LogP contribution in [0.2, 0.25) is 0 Å². The van der Waals surface area contributed by atoms with E-state index in [9.17, 15) is 0 Å². The molecular formula is C18H20BrNO. The number of halogens is 1. The lowest BCUT2D eigenvalue weighted by Crippen LogP contribution is -2.18. The van der Waals surface area contributed by atoms with E-state index < -0.39 is 0 Å². The van der Waals surface area contributed by atoms with Gasteiger partial charge in [0.1, 0.15) is 11.9 Å². The maximum absolute atomic E-state index is 5.79. The topological polar surface area (TPSA) is 21.3 Å². The van der Waals surface area contributed by atoms with Gasteiger partial charge in [0.05, 0.1) is 6.04 Å². The fourth-order valence-corrected chi connectivity index (χ4v) is 3.70. The van der Waals surface area contributed by atoms with Crippen molar-refractivity contribution in [1.29, 1.82) is 0 Å². The molecule has 0 aromatic heterocycles. The van der Waals surface area contributed by atoms with Crippen LogP contribution in [-0.4, -0.2) is 13.2 Å². The number of benzene rings is 2. The Balaban J connectivity index is 1.99. The summed E-state index contributed by atoms with van der Waals surface area (Å²) in [6, 6.07) is 13.3. The number of hydrogen-bond acceptors (Lipinski definition) is 2. The third-order valence-corrected chi connectivity index (χ3v) is 4.40. The molecule has 2 nitrogen and oxygen atoms in total.